The van der Waals surface area contributed by atoms with E-state index in [4.69, 9.17) is 25.5 Å². The van der Waals surface area contributed by atoms with E-state index in [1.807, 2.05) is 0 Å². The Morgan fingerprint density at radius 1 is 1.00 bits per heavy atom. The molecular weight excluding hydrogens is 466 g/mol. The number of benzene rings is 2. The summed E-state index contributed by atoms with van der Waals surface area (Å²) in [7, 11) is 2.52. The molecule has 3 aromatic rings. The standard InChI is InChI=1S/C23H22ClN3O7/c1-32-22(28)15-9-14(10-16(11-15)23(29)33-2)21-6-4-18(34-21)13-25-7-8-26-20-5-3-17(27(30)31)12-19(20)24/h3-6,9-12,25-26H,7-8,13H2,1-2H3. The van der Waals surface area contributed by atoms with E-state index in [2.05, 4.69) is 10.6 Å². The van der Waals surface area contributed by atoms with Crippen LogP contribution in [0.25, 0.3) is 11.3 Å². The number of carbonyl (C=O) groups is 2. The molecule has 0 radical (unpaired) electrons. The molecule has 0 spiro atoms. The molecule has 34 heavy (non-hydrogen) atoms. The van der Waals surface area contributed by atoms with Crippen LogP contribution >= 0.6 is 11.6 Å². The van der Waals surface area contributed by atoms with Crippen LogP contribution in [0.1, 0.15) is 26.5 Å². The van der Waals surface area contributed by atoms with E-state index in [1.54, 1.807) is 30.3 Å². The molecule has 3 rings (SSSR count). The van der Waals surface area contributed by atoms with Crippen LogP contribution in [-0.2, 0) is 16.0 Å². The maximum absolute atomic E-state index is 12.0. The zero-order valence-corrected chi connectivity index (χ0v) is 19.2. The SMILES string of the molecule is COC(=O)c1cc(C(=O)OC)cc(-c2ccc(CNCCNc3ccc([N+](=O)[O-])cc3Cl)o2)c1. The van der Waals surface area contributed by atoms with Crippen molar-refractivity contribution in [3.8, 4) is 11.3 Å². The molecule has 1 aromatic heterocycles. The van der Waals surface area contributed by atoms with Crippen molar-refractivity contribution in [3.63, 3.8) is 0 Å². The van der Waals surface area contributed by atoms with Gasteiger partial charge in [-0.05, 0) is 36.4 Å². The minimum Gasteiger partial charge on any atom is -0.465 e. The summed E-state index contributed by atoms with van der Waals surface area (Å²) in [5.74, 6) is -0.0444. The third-order valence-corrected chi connectivity index (χ3v) is 5.11. The minimum absolute atomic E-state index is 0.0712. The normalized spacial score (nSPS) is 10.6. The molecule has 2 N–H and O–H groups in total. The van der Waals surface area contributed by atoms with Crippen molar-refractivity contribution in [1.82, 2.24) is 5.32 Å². The molecule has 0 aliphatic heterocycles. The van der Waals surface area contributed by atoms with Crippen molar-refractivity contribution in [1.29, 1.82) is 0 Å². The largest absolute Gasteiger partial charge is 0.465 e. The van der Waals surface area contributed by atoms with Crippen LogP contribution in [0.4, 0.5) is 11.4 Å². The first kappa shape index (κ1) is 24.7. The molecule has 0 saturated heterocycles. The van der Waals surface area contributed by atoms with Gasteiger partial charge in [-0.1, -0.05) is 11.6 Å². The summed E-state index contributed by atoms with van der Waals surface area (Å²) in [5.41, 5.74) is 1.46. The number of furan rings is 1. The highest BCUT2D eigenvalue weighted by molar-refractivity contribution is 6.33. The Morgan fingerprint density at radius 3 is 2.26 bits per heavy atom. The van der Waals surface area contributed by atoms with E-state index in [0.717, 1.165) is 0 Å². The van der Waals surface area contributed by atoms with Gasteiger partial charge < -0.3 is 24.5 Å². The summed E-state index contributed by atoms with van der Waals surface area (Å²) in [6, 6.07) is 12.3. The topological polar surface area (TPSA) is 133 Å². The first-order valence-corrected chi connectivity index (χ1v) is 10.5. The average molecular weight is 488 g/mol. The number of esters is 2. The Hall–Kier alpha value is -3.89. The Bertz CT molecular complexity index is 1170. The molecule has 0 fully saturated rings. The fourth-order valence-electron chi connectivity index (χ4n) is 3.13. The first-order chi connectivity index (χ1) is 16.3. The fourth-order valence-corrected chi connectivity index (χ4v) is 3.37. The van der Waals surface area contributed by atoms with Gasteiger partial charge in [0.1, 0.15) is 11.5 Å². The van der Waals surface area contributed by atoms with Crippen LogP contribution in [0, 0.1) is 10.1 Å². The number of methoxy groups -OCH3 is 2. The minimum atomic E-state index is -0.582. The first-order valence-electron chi connectivity index (χ1n) is 10.1. The van der Waals surface area contributed by atoms with Crippen molar-refractivity contribution in [2.24, 2.45) is 0 Å². The maximum atomic E-state index is 12.0. The van der Waals surface area contributed by atoms with Gasteiger partial charge in [0, 0.05) is 30.8 Å². The number of nitrogens with zero attached hydrogens (tertiary/aromatic N) is 1. The quantitative estimate of drug-likeness (QED) is 0.186. The molecule has 0 aliphatic rings. The molecule has 0 amide bonds. The van der Waals surface area contributed by atoms with Crippen molar-refractivity contribution in [2.75, 3.05) is 32.6 Å². The lowest BCUT2D eigenvalue weighted by molar-refractivity contribution is -0.384. The number of hydrogen-bond acceptors (Lipinski definition) is 9. The Morgan fingerprint density at radius 2 is 1.68 bits per heavy atom. The lowest BCUT2D eigenvalue weighted by atomic mass is 10.0. The summed E-state index contributed by atoms with van der Waals surface area (Å²) in [6.45, 7) is 1.51. The molecule has 0 bridgehead atoms. The molecule has 178 valence electrons. The Balaban J connectivity index is 1.59. The zero-order chi connectivity index (χ0) is 24.7. The van der Waals surface area contributed by atoms with E-state index in [1.165, 1.54) is 32.4 Å². The molecule has 0 aliphatic carbocycles. The van der Waals surface area contributed by atoms with Gasteiger partial charge in [-0.2, -0.15) is 0 Å². The second-order valence-electron chi connectivity index (χ2n) is 7.07. The zero-order valence-electron chi connectivity index (χ0n) is 18.4. The lowest BCUT2D eigenvalue weighted by Gasteiger charge is -2.09. The van der Waals surface area contributed by atoms with E-state index >= 15 is 0 Å². The van der Waals surface area contributed by atoms with Crippen LogP contribution in [-0.4, -0.2) is 44.2 Å². The number of rotatable bonds is 10. The number of nitrogens with one attached hydrogen (secondary N) is 2. The number of ether oxygens (including phenoxy) is 2. The van der Waals surface area contributed by atoms with Crippen molar-refractivity contribution in [3.05, 3.63) is 80.6 Å². The number of nitro groups is 1. The number of nitro benzene ring substituents is 1. The number of halogens is 1. The number of hydrogen-bond donors (Lipinski definition) is 2. The smallest absolute Gasteiger partial charge is 0.337 e. The highest BCUT2D eigenvalue weighted by Gasteiger charge is 2.16. The molecule has 0 atom stereocenters. The van der Waals surface area contributed by atoms with E-state index in [-0.39, 0.29) is 21.8 Å². The fraction of sp³-hybridized carbons (Fsp3) is 0.217. The van der Waals surface area contributed by atoms with Crippen molar-refractivity contribution >= 4 is 34.9 Å². The van der Waals surface area contributed by atoms with E-state index < -0.39 is 16.9 Å². The van der Waals surface area contributed by atoms with Gasteiger partial charge in [0.05, 0.1) is 47.5 Å². The number of non-ortho nitro benzene ring substituents is 1. The average Bonchev–Trinajstić information content (AvgIpc) is 3.32. The van der Waals surface area contributed by atoms with Gasteiger partial charge in [0.25, 0.3) is 5.69 Å². The van der Waals surface area contributed by atoms with Crippen molar-refractivity contribution in [2.45, 2.75) is 6.54 Å². The third kappa shape index (κ3) is 6.12. The third-order valence-electron chi connectivity index (χ3n) is 4.80. The molecule has 2 aromatic carbocycles. The summed E-state index contributed by atoms with van der Waals surface area (Å²) < 4.78 is 15.4. The molecular formula is C23H22ClN3O7. The number of anilines is 1. The molecule has 0 saturated carbocycles. The second kappa shape index (κ2) is 11.3. The van der Waals surface area contributed by atoms with Gasteiger partial charge in [0.2, 0.25) is 0 Å². The van der Waals surface area contributed by atoms with Gasteiger partial charge in [-0.15, -0.1) is 0 Å². The Kier molecular flexibility index (Phi) is 8.23. The van der Waals surface area contributed by atoms with Gasteiger partial charge >= 0.3 is 11.9 Å². The second-order valence-corrected chi connectivity index (χ2v) is 7.48. The van der Waals surface area contributed by atoms with Crippen LogP contribution in [0.2, 0.25) is 5.02 Å². The molecule has 0 unspecified atom stereocenters. The monoisotopic (exact) mass is 487 g/mol. The van der Waals surface area contributed by atoms with Gasteiger partial charge in [-0.25, -0.2) is 9.59 Å². The highest BCUT2D eigenvalue weighted by atomic mass is 35.5. The van der Waals surface area contributed by atoms with Crippen LogP contribution in [0.5, 0.6) is 0 Å². The van der Waals surface area contributed by atoms with E-state index in [9.17, 15) is 19.7 Å². The van der Waals surface area contributed by atoms with Crippen LogP contribution in [0.3, 0.4) is 0 Å². The molecule has 10 nitrogen and oxygen atoms in total. The predicted octanol–water partition coefficient (Wildman–Crippen LogP) is 4.28. The molecule has 11 heteroatoms. The summed E-state index contributed by atoms with van der Waals surface area (Å²) in [6.07, 6.45) is 0. The van der Waals surface area contributed by atoms with Gasteiger partial charge in [-0.3, -0.25) is 10.1 Å². The maximum Gasteiger partial charge on any atom is 0.337 e. The predicted molar refractivity (Wildman–Crippen MR) is 125 cm³/mol. The summed E-state index contributed by atoms with van der Waals surface area (Å²) in [5, 5.41) is 17.4. The van der Waals surface area contributed by atoms with Crippen LogP contribution < -0.4 is 10.6 Å². The summed E-state index contributed by atoms with van der Waals surface area (Å²) >= 11 is 6.06. The van der Waals surface area contributed by atoms with Crippen LogP contribution in [0.15, 0.2) is 52.9 Å². The molecule has 1 heterocycles. The summed E-state index contributed by atoms with van der Waals surface area (Å²) in [4.78, 5) is 34.2. The van der Waals surface area contributed by atoms with Crippen molar-refractivity contribution < 1.29 is 28.4 Å². The lowest BCUT2D eigenvalue weighted by Crippen LogP contribution is -2.21. The Labute approximate surface area is 200 Å². The highest BCUT2D eigenvalue weighted by Crippen LogP contribution is 2.27. The van der Waals surface area contributed by atoms with E-state index in [0.29, 0.717) is 42.4 Å². The number of carbonyl (C=O) groups excluding carboxylic acids is 2. The van der Waals surface area contributed by atoms with Gasteiger partial charge in [0.15, 0.2) is 0 Å².